The molecule has 38 heavy (non-hydrogen) atoms. The molecular formula is C22H12B6ClF2N3O4. The fourth-order valence-electron chi connectivity index (χ4n) is 4.33. The van der Waals surface area contributed by atoms with Crippen molar-refractivity contribution in [2.24, 2.45) is 0 Å². The van der Waals surface area contributed by atoms with Crippen LogP contribution in [0.2, 0.25) is 16.1 Å². The summed E-state index contributed by atoms with van der Waals surface area (Å²) >= 11 is 5.72. The maximum Gasteiger partial charge on any atom is 0.348 e. The molecule has 2 aliphatic heterocycles. The molecule has 2 unspecified atom stereocenters. The molecule has 0 aromatic heterocycles. The Morgan fingerprint density at radius 3 is 2.34 bits per heavy atom. The number of carbonyl (C=O) groups excluding carboxylic acids is 4. The van der Waals surface area contributed by atoms with Gasteiger partial charge in [0.25, 0.3) is 11.8 Å². The van der Waals surface area contributed by atoms with Gasteiger partial charge in [-0.25, -0.2) is 0 Å². The number of halogens is 3. The van der Waals surface area contributed by atoms with Crippen LogP contribution in [0, 0.1) is 0 Å². The second-order valence-electron chi connectivity index (χ2n) is 9.04. The van der Waals surface area contributed by atoms with Crippen molar-refractivity contribution in [1.82, 2.24) is 15.0 Å². The predicted molar refractivity (Wildman–Crippen MR) is 138 cm³/mol. The Hall–Kier alpha value is -2.94. The van der Waals surface area contributed by atoms with E-state index in [9.17, 15) is 28.0 Å². The third kappa shape index (κ3) is 4.10. The van der Waals surface area contributed by atoms with E-state index in [0.29, 0.717) is 0 Å². The van der Waals surface area contributed by atoms with Crippen molar-refractivity contribution in [2.45, 2.75) is 34.9 Å². The first kappa shape index (κ1) is 28.1. The molecule has 2 aromatic carbocycles. The summed E-state index contributed by atoms with van der Waals surface area (Å²) in [4.78, 5) is 51.4. The summed E-state index contributed by atoms with van der Waals surface area (Å²) in [6.45, 7) is -0.338. The van der Waals surface area contributed by atoms with Gasteiger partial charge in [-0.1, -0.05) is 41.1 Å². The van der Waals surface area contributed by atoms with Crippen LogP contribution in [0.4, 0.5) is 8.78 Å². The normalized spacial score (nSPS) is 23.5. The van der Waals surface area contributed by atoms with E-state index in [4.69, 9.17) is 58.8 Å². The molecule has 12 radical (unpaired) electrons. The van der Waals surface area contributed by atoms with Gasteiger partial charge in [-0.3, -0.25) is 24.5 Å². The minimum absolute atomic E-state index is 0.0567. The summed E-state index contributed by atoms with van der Waals surface area (Å²) in [7, 11) is 35.7. The first-order valence-electron chi connectivity index (χ1n) is 10.9. The molecule has 1 saturated heterocycles. The van der Waals surface area contributed by atoms with Gasteiger partial charge >= 0.3 is 5.92 Å². The Morgan fingerprint density at radius 1 is 1.13 bits per heavy atom. The maximum absolute atomic E-state index is 14.8. The van der Waals surface area contributed by atoms with Gasteiger partial charge in [0.1, 0.15) is 15.7 Å². The lowest BCUT2D eigenvalue weighted by molar-refractivity contribution is -0.154. The van der Waals surface area contributed by atoms with Crippen LogP contribution in [-0.2, 0) is 26.9 Å². The van der Waals surface area contributed by atoms with Crippen molar-refractivity contribution >= 4 is 82.4 Å². The number of benzene rings is 2. The number of carbonyl (C=O) groups is 4. The Balaban J connectivity index is 1.61. The third-order valence-electron chi connectivity index (χ3n) is 6.75. The molecule has 1 fully saturated rings. The summed E-state index contributed by atoms with van der Waals surface area (Å²) in [5.74, 6) is -11.9. The second kappa shape index (κ2) is 9.36. The number of fused-ring (bicyclic) bond motifs is 1. The first-order valence-corrected chi connectivity index (χ1v) is 11.3. The van der Waals surface area contributed by atoms with Gasteiger partial charge in [0.15, 0.2) is 0 Å². The fourth-order valence-corrected chi connectivity index (χ4v) is 4.46. The van der Waals surface area contributed by atoms with Crippen LogP contribution in [-0.4, -0.2) is 86.0 Å². The topological polar surface area (TPSA) is 86.8 Å². The SMILES string of the molecule is [B]C(c1ccc2c(c1)CN([C@]1([B])C(=O)NC(=O)C([B])C1([B])[B])C2=O)N([B])C(=O)C(F)(F)c1ccc(Cl)cc1. The molecule has 2 aromatic rings. The number of nitrogens with zero attached hydrogens (tertiary/aromatic N) is 2. The average molecular weight is 521 g/mol. The number of amides is 4. The van der Waals surface area contributed by atoms with Gasteiger partial charge in [-0.15, -0.1) is 0 Å². The zero-order valence-corrected chi connectivity index (χ0v) is 20.3. The summed E-state index contributed by atoms with van der Waals surface area (Å²) in [5.41, 5.74) is -2.70. The molecule has 4 rings (SSSR count). The summed E-state index contributed by atoms with van der Waals surface area (Å²) < 4.78 is 29.6. The molecule has 3 atom stereocenters. The van der Waals surface area contributed by atoms with Crippen LogP contribution in [0.3, 0.4) is 0 Å². The van der Waals surface area contributed by atoms with Gasteiger partial charge in [0.2, 0.25) is 19.8 Å². The standard InChI is InChI=1S/C22H12B6ClF2N3O4/c23-14-16(35)32-18(37)22(27,21(14,25)26)33-8-10-7-9(1-6-13(10)17(33)36)15(24)34(28)19(38)20(30,31)11-2-4-12(29)5-3-11/h1-7,14-15H,8H2,(H,32,35,37)/t14?,15?,22-/m1/s1. The van der Waals surface area contributed by atoms with E-state index in [1.54, 1.807) is 0 Å². The lowest BCUT2D eigenvalue weighted by atomic mass is 9.31. The molecule has 0 bridgehead atoms. The molecule has 0 saturated carbocycles. The van der Waals surface area contributed by atoms with Crippen LogP contribution >= 0.6 is 11.6 Å². The van der Waals surface area contributed by atoms with E-state index in [1.807, 2.05) is 5.32 Å². The lowest BCUT2D eigenvalue weighted by Crippen LogP contribution is -2.72. The Labute approximate surface area is 229 Å². The number of nitrogens with one attached hydrogen (secondary N) is 1. The van der Waals surface area contributed by atoms with Gasteiger partial charge in [-0.2, -0.15) is 8.78 Å². The third-order valence-corrected chi connectivity index (χ3v) is 7.00. The summed E-state index contributed by atoms with van der Waals surface area (Å²) in [5, 5.41) is -0.209. The quantitative estimate of drug-likeness (QED) is 0.448. The highest BCUT2D eigenvalue weighted by molar-refractivity contribution is 6.57. The van der Waals surface area contributed by atoms with Crippen molar-refractivity contribution in [2.75, 3.05) is 0 Å². The number of imide groups is 1. The number of hydrogen-bond donors (Lipinski definition) is 1. The van der Waals surface area contributed by atoms with Gasteiger partial charge in [0, 0.05) is 28.6 Å². The van der Waals surface area contributed by atoms with Crippen LogP contribution < -0.4 is 5.32 Å². The summed E-state index contributed by atoms with van der Waals surface area (Å²) in [6, 6.07) is 8.25. The molecule has 4 amide bonds. The van der Waals surface area contributed by atoms with Crippen molar-refractivity contribution in [1.29, 1.82) is 0 Å². The van der Waals surface area contributed by atoms with Crippen molar-refractivity contribution in [3.05, 3.63) is 69.7 Å². The minimum Gasteiger partial charge on any atom is -0.393 e. The molecule has 2 heterocycles. The average Bonchev–Trinajstić information content (AvgIpc) is 3.21. The molecule has 1 N–H and O–H groups in total. The van der Waals surface area contributed by atoms with Crippen LogP contribution in [0.5, 0.6) is 0 Å². The maximum atomic E-state index is 14.8. The van der Waals surface area contributed by atoms with E-state index >= 15 is 0 Å². The summed E-state index contributed by atoms with van der Waals surface area (Å²) in [6.07, 6.45) is 0. The molecule has 178 valence electrons. The smallest absolute Gasteiger partial charge is 0.348 e. The molecule has 7 nitrogen and oxygen atoms in total. The highest BCUT2D eigenvalue weighted by atomic mass is 35.5. The van der Waals surface area contributed by atoms with E-state index in [0.717, 1.165) is 17.0 Å². The molecular weight excluding hydrogens is 509 g/mol. The number of rotatable bonds is 5. The van der Waals surface area contributed by atoms with E-state index in [1.165, 1.54) is 30.3 Å². The Kier molecular flexibility index (Phi) is 6.92. The predicted octanol–water partition coefficient (Wildman–Crippen LogP) is 0.0984. The Morgan fingerprint density at radius 2 is 1.74 bits per heavy atom. The lowest BCUT2D eigenvalue weighted by Gasteiger charge is -2.55. The largest absolute Gasteiger partial charge is 0.393 e. The second-order valence-corrected chi connectivity index (χ2v) is 9.48. The first-order chi connectivity index (χ1) is 17.5. The van der Waals surface area contributed by atoms with E-state index in [2.05, 4.69) is 0 Å². The van der Waals surface area contributed by atoms with Crippen LogP contribution in [0.25, 0.3) is 0 Å². The Bertz CT molecular complexity index is 1370. The molecule has 16 heteroatoms. The highest BCUT2D eigenvalue weighted by Crippen LogP contribution is 2.49. The van der Waals surface area contributed by atoms with Crippen molar-refractivity contribution in [3.8, 4) is 0 Å². The van der Waals surface area contributed by atoms with Crippen molar-refractivity contribution < 1.29 is 28.0 Å². The minimum atomic E-state index is -4.03. The number of piperidine rings is 1. The van der Waals surface area contributed by atoms with Crippen molar-refractivity contribution in [3.63, 3.8) is 0 Å². The number of hydrogen-bond acceptors (Lipinski definition) is 4. The van der Waals surface area contributed by atoms with Gasteiger partial charge in [-0.05, 0) is 35.1 Å². The van der Waals surface area contributed by atoms with Crippen LogP contribution in [0.1, 0.15) is 33.0 Å². The number of alkyl halides is 2. The van der Waals surface area contributed by atoms with E-state index < -0.39 is 57.5 Å². The zero-order chi connectivity index (χ0) is 28.4. The molecule has 2 aliphatic rings. The molecule has 0 spiro atoms. The van der Waals surface area contributed by atoms with Gasteiger partial charge < -0.3 is 9.71 Å². The highest BCUT2D eigenvalue weighted by Gasteiger charge is 2.59. The van der Waals surface area contributed by atoms with Crippen LogP contribution in [0.15, 0.2) is 42.5 Å². The zero-order valence-electron chi connectivity index (χ0n) is 19.5. The fraction of sp³-hybridized carbons (Fsp3) is 0.273. The van der Waals surface area contributed by atoms with Gasteiger partial charge in [0.05, 0.1) is 29.0 Å². The molecule has 0 aliphatic carbocycles. The van der Waals surface area contributed by atoms with E-state index in [-0.39, 0.29) is 33.1 Å². The monoisotopic (exact) mass is 521 g/mol.